The second-order valence-corrected chi connectivity index (χ2v) is 11.1. The highest BCUT2D eigenvalue weighted by Crippen LogP contribution is 2.35. The van der Waals surface area contributed by atoms with Gasteiger partial charge in [-0.3, -0.25) is 4.79 Å². The molecule has 1 aromatic heterocycles. The van der Waals surface area contributed by atoms with E-state index in [4.69, 9.17) is 5.14 Å². The zero-order valence-corrected chi connectivity index (χ0v) is 21.1. The molecule has 0 saturated carbocycles. The number of primary sulfonamides is 1. The van der Waals surface area contributed by atoms with Crippen LogP contribution in [0.15, 0.2) is 76.5 Å². The number of benzene rings is 3. The Bertz CT molecular complexity index is 1480. The third kappa shape index (κ3) is 5.00. The molecule has 36 heavy (non-hydrogen) atoms. The molecule has 1 aliphatic rings. The van der Waals surface area contributed by atoms with Crippen LogP contribution in [0.25, 0.3) is 11.0 Å². The standard InChI is InChI=1S/C25H26N6O3S2/c26-36(33,34)25-21(30-13-11-27-12-14-30)17-20-23(22(25)24(32)18-7-3-1-4-8-18)28-29-31(20)15-16-35-19-9-5-2-6-10-19/h1-10,17,27H,11-16H2,(H2,26,33,34). The molecule has 0 aliphatic carbocycles. The number of piperazine rings is 1. The van der Waals surface area contributed by atoms with E-state index >= 15 is 0 Å². The molecule has 1 fully saturated rings. The van der Waals surface area contributed by atoms with Crippen molar-refractivity contribution < 1.29 is 13.2 Å². The fourth-order valence-corrected chi connectivity index (χ4v) is 6.18. The predicted molar refractivity (Wildman–Crippen MR) is 141 cm³/mol. The number of thioether (sulfide) groups is 1. The molecule has 3 N–H and O–H groups in total. The second kappa shape index (κ2) is 10.4. The van der Waals surface area contributed by atoms with E-state index in [0.29, 0.717) is 49.5 Å². The molecule has 11 heteroatoms. The molecule has 5 rings (SSSR count). The van der Waals surface area contributed by atoms with Crippen molar-refractivity contribution in [3.8, 4) is 0 Å². The van der Waals surface area contributed by atoms with Gasteiger partial charge in [-0.05, 0) is 18.2 Å². The average Bonchev–Trinajstić information content (AvgIpc) is 3.31. The molecule has 186 valence electrons. The second-order valence-electron chi connectivity index (χ2n) is 8.42. The minimum absolute atomic E-state index is 0.0308. The van der Waals surface area contributed by atoms with Crippen LogP contribution in [0.5, 0.6) is 0 Å². The quantitative estimate of drug-likeness (QED) is 0.267. The van der Waals surface area contributed by atoms with Gasteiger partial charge >= 0.3 is 0 Å². The van der Waals surface area contributed by atoms with Crippen LogP contribution in [0.4, 0.5) is 5.69 Å². The molecule has 0 bridgehead atoms. The molecule has 1 aliphatic heterocycles. The lowest BCUT2D eigenvalue weighted by molar-refractivity contribution is 0.103. The largest absolute Gasteiger partial charge is 0.368 e. The van der Waals surface area contributed by atoms with Crippen molar-refractivity contribution in [3.05, 3.63) is 77.9 Å². The van der Waals surface area contributed by atoms with Crippen molar-refractivity contribution in [1.29, 1.82) is 0 Å². The molecule has 0 amide bonds. The number of nitrogens with zero attached hydrogens (tertiary/aromatic N) is 4. The smallest absolute Gasteiger partial charge is 0.240 e. The third-order valence-electron chi connectivity index (χ3n) is 6.06. The summed E-state index contributed by atoms with van der Waals surface area (Å²) in [7, 11) is -4.27. The average molecular weight is 523 g/mol. The molecule has 0 spiro atoms. The summed E-state index contributed by atoms with van der Waals surface area (Å²) in [5.74, 6) is 0.275. The maximum absolute atomic E-state index is 13.7. The summed E-state index contributed by atoms with van der Waals surface area (Å²) >= 11 is 1.68. The van der Waals surface area contributed by atoms with Gasteiger partial charge in [-0.25, -0.2) is 18.2 Å². The number of ketones is 1. The minimum atomic E-state index is -4.27. The molecule has 0 radical (unpaired) electrons. The van der Waals surface area contributed by atoms with Gasteiger partial charge in [0.1, 0.15) is 10.4 Å². The van der Waals surface area contributed by atoms with Crippen molar-refractivity contribution in [2.24, 2.45) is 5.14 Å². The van der Waals surface area contributed by atoms with Crippen LogP contribution in [0, 0.1) is 0 Å². The van der Waals surface area contributed by atoms with Gasteiger partial charge < -0.3 is 10.2 Å². The number of nitrogens with one attached hydrogen (secondary N) is 1. The molecule has 9 nitrogen and oxygen atoms in total. The van der Waals surface area contributed by atoms with Gasteiger partial charge in [-0.2, -0.15) is 0 Å². The predicted octanol–water partition coefficient (Wildman–Crippen LogP) is 2.51. The summed E-state index contributed by atoms with van der Waals surface area (Å²) in [5.41, 5.74) is 1.57. The Hall–Kier alpha value is -3.25. The van der Waals surface area contributed by atoms with E-state index in [9.17, 15) is 13.2 Å². The van der Waals surface area contributed by atoms with Gasteiger partial charge in [-0.15, -0.1) is 16.9 Å². The minimum Gasteiger partial charge on any atom is -0.368 e. The van der Waals surface area contributed by atoms with Gasteiger partial charge in [0, 0.05) is 42.4 Å². The lowest BCUT2D eigenvalue weighted by Crippen LogP contribution is -2.44. The van der Waals surface area contributed by atoms with Crippen LogP contribution < -0.4 is 15.4 Å². The number of carbonyl (C=O) groups is 1. The number of aryl methyl sites for hydroxylation is 1. The van der Waals surface area contributed by atoms with Crippen LogP contribution in [0.1, 0.15) is 15.9 Å². The van der Waals surface area contributed by atoms with Crippen LogP contribution in [-0.4, -0.2) is 61.1 Å². The highest BCUT2D eigenvalue weighted by Gasteiger charge is 2.32. The Morgan fingerprint density at radius 3 is 2.36 bits per heavy atom. The van der Waals surface area contributed by atoms with Gasteiger partial charge in [0.05, 0.1) is 23.3 Å². The van der Waals surface area contributed by atoms with Gasteiger partial charge in [0.2, 0.25) is 10.0 Å². The number of sulfonamides is 1. The Balaban J connectivity index is 1.65. The van der Waals surface area contributed by atoms with Crippen molar-refractivity contribution in [1.82, 2.24) is 20.3 Å². The Kier molecular flexibility index (Phi) is 7.06. The van der Waals surface area contributed by atoms with Gasteiger partial charge in [0.25, 0.3) is 0 Å². The first-order chi connectivity index (χ1) is 17.4. The molecule has 1 saturated heterocycles. The summed E-state index contributed by atoms with van der Waals surface area (Å²) in [4.78, 5) is 16.6. The maximum atomic E-state index is 13.7. The van der Waals surface area contributed by atoms with Crippen molar-refractivity contribution in [2.45, 2.75) is 16.3 Å². The molecular formula is C25H26N6O3S2. The van der Waals surface area contributed by atoms with Crippen LogP contribution in [0.3, 0.4) is 0 Å². The number of anilines is 1. The number of carbonyl (C=O) groups excluding carboxylic acids is 1. The zero-order valence-electron chi connectivity index (χ0n) is 19.5. The van der Waals surface area contributed by atoms with E-state index in [2.05, 4.69) is 15.6 Å². The number of aromatic nitrogens is 3. The normalized spacial score (nSPS) is 14.3. The monoisotopic (exact) mass is 522 g/mol. The number of nitrogens with two attached hydrogens (primary N) is 1. The SMILES string of the molecule is NS(=O)(=O)c1c(N2CCNCC2)cc2c(nnn2CCSc2ccccc2)c1C(=O)c1ccccc1. The van der Waals surface area contributed by atoms with Gasteiger partial charge in [0.15, 0.2) is 5.78 Å². The molecule has 0 unspecified atom stereocenters. The van der Waals surface area contributed by atoms with Gasteiger partial charge in [-0.1, -0.05) is 53.7 Å². The number of hydrogen-bond donors (Lipinski definition) is 2. The van der Waals surface area contributed by atoms with E-state index in [-0.39, 0.29) is 16.0 Å². The van der Waals surface area contributed by atoms with Crippen molar-refractivity contribution >= 4 is 44.3 Å². The van der Waals surface area contributed by atoms with Crippen molar-refractivity contribution in [2.75, 3.05) is 36.8 Å². The zero-order chi connectivity index (χ0) is 25.1. The molecule has 2 heterocycles. The molecule has 3 aromatic carbocycles. The Labute approximate surface area is 213 Å². The van der Waals surface area contributed by atoms with E-state index in [1.165, 1.54) is 0 Å². The number of hydrogen-bond acceptors (Lipinski definition) is 8. The van der Waals surface area contributed by atoms with Crippen LogP contribution in [-0.2, 0) is 16.6 Å². The molecular weight excluding hydrogens is 496 g/mol. The van der Waals surface area contributed by atoms with E-state index in [0.717, 1.165) is 10.6 Å². The topological polar surface area (TPSA) is 123 Å². The lowest BCUT2D eigenvalue weighted by Gasteiger charge is -2.31. The molecule has 4 aromatic rings. The molecule has 0 atom stereocenters. The highest BCUT2D eigenvalue weighted by atomic mass is 32.2. The first-order valence-corrected chi connectivity index (χ1v) is 14.1. The maximum Gasteiger partial charge on any atom is 0.240 e. The number of fused-ring (bicyclic) bond motifs is 1. The van der Waals surface area contributed by atoms with E-state index in [1.807, 2.05) is 35.2 Å². The fraction of sp³-hybridized carbons (Fsp3) is 0.240. The fourth-order valence-electron chi connectivity index (χ4n) is 4.38. The lowest BCUT2D eigenvalue weighted by atomic mass is 10.0. The number of rotatable bonds is 8. The summed E-state index contributed by atoms with van der Waals surface area (Å²) in [5, 5.41) is 17.6. The van der Waals surface area contributed by atoms with E-state index < -0.39 is 15.8 Å². The van der Waals surface area contributed by atoms with Crippen LogP contribution in [0.2, 0.25) is 0 Å². The van der Waals surface area contributed by atoms with Crippen molar-refractivity contribution in [3.63, 3.8) is 0 Å². The summed E-state index contributed by atoms with van der Waals surface area (Å²) in [6.45, 7) is 3.08. The summed E-state index contributed by atoms with van der Waals surface area (Å²) < 4.78 is 27.6. The van der Waals surface area contributed by atoms with Crippen LogP contribution >= 0.6 is 11.8 Å². The first-order valence-electron chi connectivity index (χ1n) is 11.6. The summed E-state index contributed by atoms with van der Waals surface area (Å²) in [6, 6.07) is 20.4. The Morgan fingerprint density at radius 1 is 1.03 bits per heavy atom. The highest BCUT2D eigenvalue weighted by molar-refractivity contribution is 7.99. The summed E-state index contributed by atoms with van der Waals surface area (Å²) in [6.07, 6.45) is 0. The third-order valence-corrected chi connectivity index (χ3v) is 8.04. The Morgan fingerprint density at radius 2 is 1.69 bits per heavy atom. The first kappa shape index (κ1) is 24.4. The van der Waals surface area contributed by atoms with E-state index in [1.54, 1.807) is 52.8 Å².